The fourth-order valence-corrected chi connectivity index (χ4v) is 6.26. The highest BCUT2D eigenvalue weighted by Gasteiger charge is 2.30. The number of hydrazine groups is 1. The van der Waals surface area contributed by atoms with Crippen molar-refractivity contribution < 1.29 is 13.2 Å². The SMILES string of the molecule is Cc1cccc2sc(NNC(=O)c3ccc(S(=O)(=O)N4CCCCC4C)cc3)nc12. The van der Waals surface area contributed by atoms with Gasteiger partial charge in [0.25, 0.3) is 5.91 Å². The standard InChI is InChI=1S/C21H24N4O3S2/c1-14-6-5-8-18-19(14)22-21(29-18)24-23-20(26)16-9-11-17(12-10-16)30(27,28)25-13-4-3-7-15(25)2/h5-6,8-12,15H,3-4,7,13H2,1-2H3,(H,22,24)(H,23,26). The topological polar surface area (TPSA) is 91.4 Å². The van der Waals surface area contributed by atoms with E-state index < -0.39 is 10.0 Å². The molecule has 9 heteroatoms. The molecule has 0 aliphatic carbocycles. The molecule has 2 heterocycles. The summed E-state index contributed by atoms with van der Waals surface area (Å²) < 4.78 is 28.4. The maximum atomic E-state index is 12.9. The number of nitrogens with zero attached hydrogens (tertiary/aromatic N) is 2. The molecule has 1 atom stereocenters. The Bertz CT molecular complexity index is 1170. The van der Waals surface area contributed by atoms with Crippen molar-refractivity contribution in [1.29, 1.82) is 0 Å². The maximum absolute atomic E-state index is 12.9. The van der Waals surface area contributed by atoms with Crippen LogP contribution in [0.15, 0.2) is 47.4 Å². The van der Waals surface area contributed by atoms with Gasteiger partial charge in [0.15, 0.2) is 0 Å². The number of aryl methyl sites for hydroxylation is 1. The lowest BCUT2D eigenvalue weighted by Gasteiger charge is -2.32. The van der Waals surface area contributed by atoms with Crippen LogP contribution < -0.4 is 10.9 Å². The molecule has 1 saturated heterocycles. The number of nitrogens with one attached hydrogen (secondary N) is 2. The van der Waals surface area contributed by atoms with Crippen molar-refractivity contribution >= 4 is 42.6 Å². The second kappa shape index (κ2) is 8.33. The number of hydrogen-bond donors (Lipinski definition) is 2. The molecule has 1 fully saturated rings. The average Bonchev–Trinajstić information content (AvgIpc) is 3.17. The molecule has 2 aromatic carbocycles. The molecule has 4 rings (SSSR count). The Morgan fingerprint density at radius 2 is 1.93 bits per heavy atom. The second-order valence-corrected chi connectivity index (χ2v) is 10.4. The average molecular weight is 445 g/mol. The van der Waals surface area contributed by atoms with Crippen molar-refractivity contribution in [2.75, 3.05) is 12.0 Å². The van der Waals surface area contributed by atoms with Crippen molar-refractivity contribution in [1.82, 2.24) is 14.7 Å². The number of sulfonamides is 1. The summed E-state index contributed by atoms with van der Waals surface area (Å²) in [6.07, 6.45) is 2.80. The molecule has 0 bridgehead atoms. The third-order valence-electron chi connectivity index (χ3n) is 5.37. The number of thiazole rings is 1. The van der Waals surface area contributed by atoms with E-state index in [9.17, 15) is 13.2 Å². The van der Waals surface area contributed by atoms with Gasteiger partial charge in [-0.25, -0.2) is 13.4 Å². The van der Waals surface area contributed by atoms with Gasteiger partial charge in [0.2, 0.25) is 15.2 Å². The van der Waals surface area contributed by atoms with Crippen LogP contribution in [-0.4, -0.2) is 36.2 Å². The van der Waals surface area contributed by atoms with E-state index in [1.54, 1.807) is 4.31 Å². The fraction of sp³-hybridized carbons (Fsp3) is 0.333. The van der Waals surface area contributed by atoms with E-state index in [1.165, 1.54) is 35.6 Å². The number of rotatable bonds is 5. The molecule has 7 nitrogen and oxygen atoms in total. The molecule has 2 N–H and O–H groups in total. The van der Waals surface area contributed by atoms with Crippen LogP contribution in [0.1, 0.15) is 42.1 Å². The summed E-state index contributed by atoms with van der Waals surface area (Å²) in [4.78, 5) is 17.2. The van der Waals surface area contributed by atoms with Crippen LogP contribution in [0.25, 0.3) is 10.2 Å². The summed E-state index contributed by atoms with van der Waals surface area (Å²) in [6.45, 7) is 4.47. The van der Waals surface area contributed by atoms with Crippen molar-refractivity contribution in [3.63, 3.8) is 0 Å². The van der Waals surface area contributed by atoms with Gasteiger partial charge in [-0.2, -0.15) is 4.31 Å². The number of aromatic nitrogens is 1. The normalized spacial score (nSPS) is 17.7. The molecule has 0 saturated carbocycles. The monoisotopic (exact) mass is 444 g/mol. The minimum atomic E-state index is -3.55. The van der Waals surface area contributed by atoms with Crippen LogP contribution in [0.3, 0.4) is 0 Å². The number of fused-ring (bicyclic) bond motifs is 1. The maximum Gasteiger partial charge on any atom is 0.269 e. The van der Waals surface area contributed by atoms with Gasteiger partial charge in [0.05, 0.1) is 15.1 Å². The van der Waals surface area contributed by atoms with Crippen molar-refractivity contribution in [3.8, 4) is 0 Å². The van der Waals surface area contributed by atoms with Crippen molar-refractivity contribution in [3.05, 3.63) is 53.6 Å². The predicted molar refractivity (Wildman–Crippen MR) is 119 cm³/mol. The van der Waals surface area contributed by atoms with Crippen LogP contribution in [-0.2, 0) is 10.0 Å². The summed E-state index contributed by atoms with van der Waals surface area (Å²) in [6, 6.07) is 12.0. The first-order valence-electron chi connectivity index (χ1n) is 9.91. The van der Waals surface area contributed by atoms with Gasteiger partial charge < -0.3 is 0 Å². The van der Waals surface area contributed by atoms with Gasteiger partial charge in [-0.3, -0.25) is 15.6 Å². The van der Waals surface area contributed by atoms with Crippen LogP contribution in [0.2, 0.25) is 0 Å². The van der Waals surface area contributed by atoms with Crippen molar-refractivity contribution in [2.45, 2.75) is 44.0 Å². The van der Waals surface area contributed by atoms with Gasteiger partial charge >= 0.3 is 0 Å². The number of anilines is 1. The third-order valence-corrected chi connectivity index (χ3v) is 8.33. The molecular weight excluding hydrogens is 420 g/mol. The number of piperidine rings is 1. The molecule has 0 spiro atoms. The number of amides is 1. The van der Waals surface area contributed by atoms with Crippen LogP contribution >= 0.6 is 11.3 Å². The Morgan fingerprint density at radius 1 is 1.17 bits per heavy atom. The number of carbonyl (C=O) groups is 1. The minimum Gasteiger partial charge on any atom is -0.273 e. The first-order valence-corrected chi connectivity index (χ1v) is 12.2. The van der Waals surface area contributed by atoms with Gasteiger partial charge in [-0.15, -0.1) is 0 Å². The Labute approximate surface area is 180 Å². The first kappa shape index (κ1) is 20.8. The summed E-state index contributed by atoms with van der Waals surface area (Å²) in [5.41, 5.74) is 7.81. The highest BCUT2D eigenvalue weighted by atomic mass is 32.2. The Balaban J connectivity index is 1.44. The zero-order valence-corrected chi connectivity index (χ0v) is 18.5. The Hall–Kier alpha value is -2.49. The summed E-state index contributed by atoms with van der Waals surface area (Å²) in [5.74, 6) is -0.360. The van der Waals surface area contributed by atoms with E-state index in [-0.39, 0.29) is 16.8 Å². The minimum absolute atomic E-state index is 0.00614. The van der Waals surface area contributed by atoms with E-state index in [4.69, 9.17) is 0 Å². The lowest BCUT2D eigenvalue weighted by atomic mass is 10.1. The number of carbonyl (C=O) groups excluding carboxylic acids is 1. The Kier molecular flexibility index (Phi) is 5.77. The van der Waals surface area contributed by atoms with Gasteiger partial charge in [-0.05, 0) is 62.6 Å². The van der Waals surface area contributed by atoms with Gasteiger partial charge in [0, 0.05) is 18.2 Å². The third kappa shape index (κ3) is 4.05. The fourth-order valence-electron chi connectivity index (χ4n) is 3.66. The van der Waals surface area contributed by atoms with Crippen molar-refractivity contribution in [2.24, 2.45) is 0 Å². The van der Waals surface area contributed by atoms with E-state index in [1.807, 2.05) is 32.0 Å². The first-order chi connectivity index (χ1) is 14.4. The van der Waals surface area contributed by atoms with Gasteiger partial charge in [-0.1, -0.05) is 29.9 Å². The molecule has 0 radical (unpaired) electrons. The summed E-state index contributed by atoms with van der Waals surface area (Å²) >= 11 is 1.45. The van der Waals surface area contributed by atoms with Crippen LogP contribution in [0.4, 0.5) is 5.13 Å². The Morgan fingerprint density at radius 3 is 2.63 bits per heavy atom. The molecule has 1 unspecified atom stereocenters. The zero-order chi connectivity index (χ0) is 21.3. The molecular formula is C21H24N4O3S2. The zero-order valence-electron chi connectivity index (χ0n) is 16.9. The smallest absolute Gasteiger partial charge is 0.269 e. The molecule has 1 aliphatic rings. The highest BCUT2D eigenvalue weighted by molar-refractivity contribution is 7.89. The van der Waals surface area contributed by atoms with E-state index in [0.717, 1.165) is 35.0 Å². The van der Waals surface area contributed by atoms with E-state index in [2.05, 4.69) is 15.8 Å². The summed E-state index contributed by atoms with van der Waals surface area (Å²) in [7, 11) is -3.55. The number of benzene rings is 2. The second-order valence-electron chi connectivity index (χ2n) is 7.50. The largest absolute Gasteiger partial charge is 0.273 e. The molecule has 158 valence electrons. The molecule has 1 aliphatic heterocycles. The lowest BCUT2D eigenvalue weighted by Crippen LogP contribution is -2.41. The quantitative estimate of drug-likeness (QED) is 0.582. The van der Waals surface area contributed by atoms with E-state index >= 15 is 0 Å². The van der Waals surface area contributed by atoms with E-state index in [0.29, 0.717) is 17.2 Å². The van der Waals surface area contributed by atoms with Crippen LogP contribution in [0.5, 0.6) is 0 Å². The predicted octanol–water partition coefficient (Wildman–Crippen LogP) is 3.92. The van der Waals surface area contributed by atoms with Gasteiger partial charge in [0.1, 0.15) is 0 Å². The lowest BCUT2D eigenvalue weighted by molar-refractivity contribution is 0.0962. The number of para-hydroxylation sites is 1. The molecule has 30 heavy (non-hydrogen) atoms. The molecule has 1 aromatic heterocycles. The summed E-state index contributed by atoms with van der Waals surface area (Å²) in [5, 5.41) is 0.589. The number of hydrogen-bond acceptors (Lipinski definition) is 6. The molecule has 3 aromatic rings. The van der Waals surface area contributed by atoms with Crippen LogP contribution in [0, 0.1) is 6.92 Å². The highest BCUT2D eigenvalue weighted by Crippen LogP contribution is 2.28. The molecule has 1 amide bonds.